The number of nitrogens with one attached hydrogen (secondary N) is 2. The average molecular weight is 406 g/mol. The van der Waals surface area contributed by atoms with Gasteiger partial charge < -0.3 is 20.1 Å². The van der Waals surface area contributed by atoms with Gasteiger partial charge in [-0.05, 0) is 18.2 Å². The Morgan fingerprint density at radius 1 is 0.933 bits per heavy atom. The number of amides is 2. The molecular weight excluding hydrogens is 384 g/mol. The lowest BCUT2D eigenvalue weighted by Gasteiger charge is -2.09. The van der Waals surface area contributed by atoms with E-state index in [2.05, 4.69) is 20.8 Å². The summed E-state index contributed by atoms with van der Waals surface area (Å²) in [5.74, 6) is 0.412. The van der Waals surface area contributed by atoms with Crippen molar-refractivity contribution in [3.63, 3.8) is 0 Å². The number of anilines is 1. The maximum atomic E-state index is 11.9. The summed E-state index contributed by atoms with van der Waals surface area (Å²) in [6.45, 7) is 1.83. The van der Waals surface area contributed by atoms with E-state index in [0.29, 0.717) is 23.9 Å². The van der Waals surface area contributed by atoms with Crippen molar-refractivity contribution in [1.29, 1.82) is 0 Å². The third-order valence-electron chi connectivity index (χ3n) is 3.91. The summed E-state index contributed by atoms with van der Waals surface area (Å²) < 4.78 is 10.9. The predicted molar refractivity (Wildman–Crippen MR) is 112 cm³/mol. The van der Waals surface area contributed by atoms with Gasteiger partial charge in [0.1, 0.15) is 12.4 Å². The minimum absolute atomic E-state index is 0.144. The van der Waals surface area contributed by atoms with Gasteiger partial charge in [-0.2, -0.15) is 0 Å². The minimum atomic E-state index is -0.283. The van der Waals surface area contributed by atoms with Gasteiger partial charge in [0.15, 0.2) is 6.61 Å². The van der Waals surface area contributed by atoms with Gasteiger partial charge in [-0.25, -0.2) is 0 Å². The summed E-state index contributed by atoms with van der Waals surface area (Å²) in [5, 5.41) is 13.5. The Kier molecular flexibility index (Phi) is 7.32. The van der Waals surface area contributed by atoms with Gasteiger partial charge in [-0.15, -0.1) is 10.2 Å². The number of carbonyl (C=O) groups excluding carboxylic acids is 2. The van der Waals surface area contributed by atoms with Crippen molar-refractivity contribution in [1.82, 2.24) is 15.5 Å². The molecule has 0 saturated carbocycles. The van der Waals surface area contributed by atoms with Crippen LogP contribution in [0.3, 0.4) is 0 Å². The second kappa shape index (κ2) is 10.6. The Morgan fingerprint density at radius 3 is 2.50 bits per heavy atom. The van der Waals surface area contributed by atoms with E-state index in [0.717, 1.165) is 11.3 Å². The quantitative estimate of drug-likeness (QED) is 0.530. The molecule has 0 unspecified atom stereocenters. The first-order valence-corrected chi connectivity index (χ1v) is 9.39. The number of aromatic nitrogens is 2. The zero-order chi connectivity index (χ0) is 21.2. The van der Waals surface area contributed by atoms with Crippen LogP contribution in [-0.4, -0.2) is 41.8 Å². The van der Waals surface area contributed by atoms with Crippen LogP contribution >= 0.6 is 0 Å². The molecule has 1 aromatic heterocycles. The highest BCUT2D eigenvalue weighted by molar-refractivity contribution is 5.88. The van der Waals surface area contributed by atoms with Gasteiger partial charge >= 0.3 is 0 Å². The number of nitrogens with zero attached hydrogens (tertiary/aromatic N) is 2. The summed E-state index contributed by atoms with van der Waals surface area (Å²) in [4.78, 5) is 23.0. The van der Waals surface area contributed by atoms with E-state index < -0.39 is 0 Å². The van der Waals surface area contributed by atoms with E-state index in [1.807, 2.05) is 36.4 Å². The Balaban J connectivity index is 1.36. The van der Waals surface area contributed by atoms with E-state index in [1.165, 1.54) is 6.92 Å². The van der Waals surface area contributed by atoms with Gasteiger partial charge in [0, 0.05) is 30.3 Å². The number of ether oxygens (including phenoxy) is 2. The molecule has 0 fully saturated rings. The van der Waals surface area contributed by atoms with Gasteiger partial charge in [0.25, 0.3) is 5.91 Å². The van der Waals surface area contributed by atoms with Crippen LogP contribution in [0.4, 0.5) is 5.69 Å². The van der Waals surface area contributed by atoms with Crippen molar-refractivity contribution in [2.75, 3.05) is 25.1 Å². The van der Waals surface area contributed by atoms with Crippen LogP contribution in [0, 0.1) is 0 Å². The van der Waals surface area contributed by atoms with Crippen LogP contribution in [0.15, 0.2) is 66.7 Å². The molecule has 154 valence electrons. The Bertz CT molecular complexity index is 978. The van der Waals surface area contributed by atoms with Crippen molar-refractivity contribution in [2.45, 2.75) is 6.92 Å². The first-order valence-electron chi connectivity index (χ1n) is 9.39. The van der Waals surface area contributed by atoms with Crippen LogP contribution in [0.25, 0.3) is 11.3 Å². The van der Waals surface area contributed by atoms with Crippen molar-refractivity contribution in [3.05, 3.63) is 66.7 Å². The molecule has 0 atom stereocenters. The van der Waals surface area contributed by atoms with Crippen molar-refractivity contribution < 1.29 is 19.1 Å². The molecule has 30 heavy (non-hydrogen) atoms. The third-order valence-corrected chi connectivity index (χ3v) is 3.91. The number of rotatable bonds is 9. The first-order chi connectivity index (χ1) is 14.6. The highest BCUT2D eigenvalue weighted by Crippen LogP contribution is 2.18. The molecule has 0 radical (unpaired) electrons. The molecule has 3 aromatic rings. The summed E-state index contributed by atoms with van der Waals surface area (Å²) >= 11 is 0. The second-order valence-electron chi connectivity index (χ2n) is 6.32. The van der Waals surface area contributed by atoms with Gasteiger partial charge in [-0.1, -0.05) is 36.4 Å². The molecule has 0 spiro atoms. The Morgan fingerprint density at radius 2 is 1.77 bits per heavy atom. The molecule has 2 amide bonds. The monoisotopic (exact) mass is 406 g/mol. The second-order valence-corrected chi connectivity index (χ2v) is 6.32. The highest BCUT2D eigenvalue weighted by Gasteiger charge is 2.05. The van der Waals surface area contributed by atoms with E-state index in [4.69, 9.17) is 9.47 Å². The Labute approximate surface area is 174 Å². The molecule has 8 nitrogen and oxygen atoms in total. The molecule has 0 aliphatic rings. The first kappa shape index (κ1) is 20.8. The number of hydrogen-bond acceptors (Lipinski definition) is 6. The van der Waals surface area contributed by atoms with Gasteiger partial charge in [0.05, 0.1) is 12.2 Å². The third kappa shape index (κ3) is 6.59. The molecule has 0 aliphatic heterocycles. The molecule has 0 bridgehead atoms. The maximum Gasteiger partial charge on any atom is 0.258 e. The molecule has 2 aromatic carbocycles. The summed E-state index contributed by atoms with van der Waals surface area (Å²) in [6.07, 6.45) is 0. The predicted octanol–water partition coefficient (Wildman–Crippen LogP) is 2.68. The lowest BCUT2D eigenvalue weighted by atomic mass is 10.1. The van der Waals surface area contributed by atoms with Crippen molar-refractivity contribution in [2.24, 2.45) is 0 Å². The number of benzene rings is 2. The molecule has 1 heterocycles. The fraction of sp³-hybridized carbons (Fsp3) is 0.182. The SMILES string of the molecule is CC(=O)Nc1cccc(OCC(=O)NCCOc2ccc(-c3ccccc3)nn2)c1. The highest BCUT2D eigenvalue weighted by atomic mass is 16.5. The lowest BCUT2D eigenvalue weighted by molar-refractivity contribution is -0.123. The van der Waals surface area contributed by atoms with Crippen molar-refractivity contribution >= 4 is 17.5 Å². The molecule has 3 rings (SSSR count). The van der Waals surface area contributed by atoms with Gasteiger partial charge in [0.2, 0.25) is 11.8 Å². The van der Waals surface area contributed by atoms with Crippen LogP contribution < -0.4 is 20.1 Å². The fourth-order valence-electron chi connectivity index (χ4n) is 2.57. The molecule has 2 N–H and O–H groups in total. The van der Waals surface area contributed by atoms with Crippen molar-refractivity contribution in [3.8, 4) is 22.9 Å². The van der Waals surface area contributed by atoms with Crippen LogP contribution in [-0.2, 0) is 9.59 Å². The van der Waals surface area contributed by atoms with Gasteiger partial charge in [-0.3, -0.25) is 9.59 Å². The lowest BCUT2D eigenvalue weighted by Crippen LogP contribution is -2.32. The normalized spacial score (nSPS) is 10.2. The molecule has 8 heteroatoms. The van der Waals surface area contributed by atoms with E-state index in [9.17, 15) is 9.59 Å². The smallest absolute Gasteiger partial charge is 0.258 e. The fourth-order valence-corrected chi connectivity index (χ4v) is 2.57. The summed E-state index contributed by atoms with van der Waals surface area (Å²) in [7, 11) is 0. The number of carbonyl (C=O) groups is 2. The number of hydrogen-bond donors (Lipinski definition) is 2. The maximum absolute atomic E-state index is 11.9. The molecule has 0 saturated heterocycles. The average Bonchev–Trinajstić information content (AvgIpc) is 2.76. The Hall–Kier alpha value is -3.94. The minimum Gasteiger partial charge on any atom is -0.484 e. The largest absolute Gasteiger partial charge is 0.484 e. The zero-order valence-corrected chi connectivity index (χ0v) is 16.5. The zero-order valence-electron chi connectivity index (χ0n) is 16.5. The summed E-state index contributed by atoms with van der Waals surface area (Å²) in [5.41, 5.74) is 2.34. The topological polar surface area (TPSA) is 102 Å². The molecular formula is C22H22N4O4. The van der Waals surface area contributed by atoms with E-state index in [1.54, 1.807) is 30.3 Å². The molecule has 0 aliphatic carbocycles. The standard InChI is InChI=1S/C22H22N4O4/c1-16(27)24-18-8-5-9-19(14-18)30-15-21(28)23-12-13-29-22-11-10-20(25-26-22)17-6-3-2-4-7-17/h2-11,14H,12-13,15H2,1H3,(H,23,28)(H,24,27). The van der Waals surface area contributed by atoms with Crippen LogP contribution in [0.1, 0.15) is 6.92 Å². The van der Waals surface area contributed by atoms with E-state index in [-0.39, 0.29) is 25.0 Å². The van der Waals surface area contributed by atoms with Crippen LogP contribution in [0.5, 0.6) is 11.6 Å². The van der Waals surface area contributed by atoms with E-state index >= 15 is 0 Å². The summed E-state index contributed by atoms with van der Waals surface area (Å²) in [6, 6.07) is 20.1. The van der Waals surface area contributed by atoms with Crippen LogP contribution in [0.2, 0.25) is 0 Å².